The molecule has 2 aliphatic rings. The second-order valence-corrected chi connectivity index (χ2v) is 8.53. The molecular formula is C23H35N7O. The number of hydrogen-bond acceptors (Lipinski definition) is 5. The molecule has 0 atom stereocenters. The van der Waals surface area contributed by atoms with E-state index in [9.17, 15) is 0 Å². The first-order chi connectivity index (χ1) is 15.2. The molecule has 0 radical (unpaired) electrons. The number of nitrogens with zero attached hydrogens (tertiary/aromatic N) is 5. The Bertz CT molecular complexity index is 849. The molecule has 0 spiro atoms. The van der Waals surface area contributed by atoms with Gasteiger partial charge in [-0.25, -0.2) is 9.97 Å². The molecule has 4 rings (SSSR count). The molecule has 1 saturated carbocycles. The molecule has 168 valence electrons. The molecule has 1 saturated heterocycles. The predicted molar refractivity (Wildman–Crippen MR) is 123 cm³/mol. The van der Waals surface area contributed by atoms with E-state index < -0.39 is 0 Å². The average molecular weight is 426 g/mol. The summed E-state index contributed by atoms with van der Waals surface area (Å²) < 4.78 is 7.58. The van der Waals surface area contributed by atoms with Gasteiger partial charge in [0.2, 0.25) is 0 Å². The molecule has 8 nitrogen and oxygen atoms in total. The fourth-order valence-electron chi connectivity index (χ4n) is 4.79. The highest BCUT2D eigenvalue weighted by Gasteiger charge is 2.38. The van der Waals surface area contributed by atoms with Crippen molar-refractivity contribution < 1.29 is 4.74 Å². The number of ether oxygens (including phenoxy) is 1. The Morgan fingerprint density at radius 3 is 2.58 bits per heavy atom. The Kier molecular flexibility index (Phi) is 7.19. The van der Waals surface area contributed by atoms with E-state index >= 15 is 0 Å². The Labute approximate surface area is 185 Å². The van der Waals surface area contributed by atoms with Gasteiger partial charge in [0.15, 0.2) is 5.96 Å². The molecule has 1 aliphatic heterocycles. The van der Waals surface area contributed by atoms with Crippen LogP contribution in [0, 0.1) is 6.92 Å². The minimum Gasteiger partial charge on any atom is -0.379 e. The largest absolute Gasteiger partial charge is 0.379 e. The van der Waals surface area contributed by atoms with Crippen LogP contribution in [0.25, 0.3) is 5.82 Å². The molecular weight excluding hydrogens is 390 g/mol. The van der Waals surface area contributed by atoms with Gasteiger partial charge in [0.25, 0.3) is 0 Å². The molecule has 0 amide bonds. The lowest BCUT2D eigenvalue weighted by atomic mass is 9.80. The minimum absolute atomic E-state index is 0.214. The summed E-state index contributed by atoms with van der Waals surface area (Å²) in [4.78, 5) is 15.9. The van der Waals surface area contributed by atoms with Gasteiger partial charge < -0.3 is 15.4 Å². The molecule has 3 heterocycles. The lowest BCUT2D eigenvalue weighted by molar-refractivity contribution is -0.0352. The van der Waals surface area contributed by atoms with Crippen LogP contribution in [0.1, 0.15) is 43.5 Å². The first-order valence-electron chi connectivity index (χ1n) is 11.4. The quantitative estimate of drug-likeness (QED) is 0.546. The van der Waals surface area contributed by atoms with Crippen LogP contribution in [0.2, 0.25) is 0 Å². The van der Waals surface area contributed by atoms with Crippen molar-refractivity contribution in [1.82, 2.24) is 30.1 Å². The van der Waals surface area contributed by atoms with E-state index in [4.69, 9.17) is 4.74 Å². The molecule has 2 aromatic heterocycles. The first-order valence-corrected chi connectivity index (χ1v) is 11.4. The number of hydrogen-bond donors (Lipinski definition) is 2. The van der Waals surface area contributed by atoms with Crippen molar-refractivity contribution in [3.8, 4) is 5.82 Å². The van der Waals surface area contributed by atoms with Crippen molar-refractivity contribution in [2.75, 3.05) is 39.9 Å². The molecule has 2 N–H and O–H groups in total. The van der Waals surface area contributed by atoms with E-state index in [0.29, 0.717) is 6.54 Å². The van der Waals surface area contributed by atoms with Gasteiger partial charge in [0, 0.05) is 57.4 Å². The van der Waals surface area contributed by atoms with Crippen molar-refractivity contribution >= 4 is 5.96 Å². The van der Waals surface area contributed by atoms with Crippen LogP contribution in [0.5, 0.6) is 0 Å². The fraction of sp³-hybridized carbons (Fsp3) is 0.609. The van der Waals surface area contributed by atoms with Crippen LogP contribution in [0.3, 0.4) is 0 Å². The first kappa shape index (κ1) is 21.8. The second-order valence-electron chi connectivity index (χ2n) is 8.53. The van der Waals surface area contributed by atoms with E-state index in [-0.39, 0.29) is 5.54 Å². The number of pyridine rings is 1. The number of aliphatic imine (C=N–C) groups is 1. The van der Waals surface area contributed by atoms with Crippen LogP contribution in [0.15, 0.2) is 35.7 Å². The summed E-state index contributed by atoms with van der Waals surface area (Å²) in [6, 6.07) is 4.12. The summed E-state index contributed by atoms with van der Waals surface area (Å²) in [6.45, 7) is 7.32. The zero-order valence-electron chi connectivity index (χ0n) is 18.8. The Morgan fingerprint density at radius 2 is 1.94 bits per heavy atom. The van der Waals surface area contributed by atoms with Crippen molar-refractivity contribution in [3.05, 3.63) is 42.1 Å². The summed E-state index contributed by atoms with van der Waals surface area (Å²) in [6.07, 6.45) is 12.1. The third-order valence-electron chi connectivity index (χ3n) is 6.62. The molecule has 2 aromatic rings. The highest BCUT2D eigenvalue weighted by Crippen LogP contribution is 2.33. The molecule has 2 fully saturated rings. The Balaban J connectivity index is 1.33. The van der Waals surface area contributed by atoms with Crippen molar-refractivity contribution in [3.63, 3.8) is 0 Å². The molecule has 0 aromatic carbocycles. The van der Waals surface area contributed by atoms with Crippen LogP contribution in [-0.4, -0.2) is 70.8 Å². The summed E-state index contributed by atoms with van der Waals surface area (Å²) in [5.41, 5.74) is 1.33. The maximum Gasteiger partial charge on any atom is 0.191 e. The van der Waals surface area contributed by atoms with Gasteiger partial charge in [-0.2, -0.15) is 0 Å². The van der Waals surface area contributed by atoms with Gasteiger partial charge in [-0.05, 0) is 31.4 Å². The number of aromatic nitrogens is 3. The lowest BCUT2D eigenvalue weighted by Crippen LogP contribution is -2.60. The summed E-state index contributed by atoms with van der Waals surface area (Å²) in [5.74, 6) is 2.65. The van der Waals surface area contributed by atoms with Crippen molar-refractivity contribution in [2.45, 2.75) is 51.1 Å². The summed E-state index contributed by atoms with van der Waals surface area (Å²) in [5, 5.41) is 7.06. The van der Waals surface area contributed by atoms with Gasteiger partial charge in [0.1, 0.15) is 11.6 Å². The zero-order valence-corrected chi connectivity index (χ0v) is 18.8. The summed E-state index contributed by atoms with van der Waals surface area (Å²) >= 11 is 0. The third kappa shape index (κ3) is 5.25. The van der Waals surface area contributed by atoms with Crippen LogP contribution in [-0.2, 0) is 11.3 Å². The number of guanidine groups is 1. The maximum atomic E-state index is 5.60. The number of nitrogens with one attached hydrogen (secondary N) is 2. The number of imidazole rings is 1. The Morgan fingerprint density at radius 1 is 1.13 bits per heavy atom. The molecule has 0 unspecified atom stereocenters. The highest BCUT2D eigenvalue weighted by molar-refractivity contribution is 5.79. The van der Waals surface area contributed by atoms with E-state index in [1.807, 2.05) is 37.0 Å². The predicted octanol–water partition coefficient (Wildman–Crippen LogP) is 2.28. The number of rotatable bonds is 6. The number of aryl methyl sites for hydroxylation is 1. The lowest BCUT2D eigenvalue weighted by Gasteiger charge is -2.48. The molecule has 0 bridgehead atoms. The molecule has 8 heteroatoms. The van der Waals surface area contributed by atoms with Gasteiger partial charge in [-0.3, -0.25) is 14.5 Å². The number of morpholine rings is 1. The SMILES string of the molecule is CN=C(NCc1ccc(-n2ccnc2C)nc1)NCC1(N2CCOCC2)CCCCC1. The smallest absolute Gasteiger partial charge is 0.191 e. The standard InChI is InChI=1S/C23H35N7O/c1-19-25-10-11-30(19)21-7-6-20(16-26-21)17-27-22(24-2)28-18-23(8-4-3-5-9-23)29-12-14-31-15-13-29/h6-7,10-11,16H,3-5,8-9,12-15,17-18H2,1-2H3,(H2,24,27,28). The summed E-state index contributed by atoms with van der Waals surface area (Å²) in [7, 11) is 1.83. The van der Waals surface area contributed by atoms with E-state index in [2.05, 4.69) is 36.6 Å². The van der Waals surface area contributed by atoms with Crippen LogP contribution in [0.4, 0.5) is 0 Å². The molecule has 1 aliphatic carbocycles. The monoisotopic (exact) mass is 425 g/mol. The fourth-order valence-corrected chi connectivity index (χ4v) is 4.79. The van der Waals surface area contributed by atoms with Gasteiger partial charge in [0.05, 0.1) is 13.2 Å². The van der Waals surface area contributed by atoms with Crippen LogP contribution >= 0.6 is 0 Å². The van der Waals surface area contributed by atoms with E-state index in [1.54, 1.807) is 6.20 Å². The van der Waals surface area contributed by atoms with E-state index in [0.717, 1.165) is 56.0 Å². The average Bonchev–Trinajstić information content (AvgIpc) is 3.26. The van der Waals surface area contributed by atoms with Gasteiger partial charge in [-0.15, -0.1) is 0 Å². The Hall–Kier alpha value is -2.45. The van der Waals surface area contributed by atoms with Crippen LogP contribution < -0.4 is 10.6 Å². The van der Waals surface area contributed by atoms with Crippen molar-refractivity contribution in [2.24, 2.45) is 4.99 Å². The minimum atomic E-state index is 0.214. The normalized spacial score (nSPS) is 19.9. The third-order valence-corrected chi connectivity index (χ3v) is 6.62. The van der Waals surface area contributed by atoms with E-state index in [1.165, 1.54) is 32.1 Å². The van der Waals surface area contributed by atoms with Gasteiger partial charge in [-0.1, -0.05) is 25.3 Å². The van der Waals surface area contributed by atoms with Gasteiger partial charge >= 0.3 is 0 Å². The molecule has 31 heavy (non-hydrogen) atoms. The van der Waals surface area contributed by atoms with Crippen molar-refractivity contribution in [1.29, 1.82) is 0 Å². The zero-order chi connectivity index (χ0) is 21.5. The second kappa shape index (κ2) is 10.2. The maximum absolute atomic E-state index is 5.60. The topological polar surface area (TPSA) is 79.6 Å². The highest BCUT2D eigenvalue weighted by atomic mass is 16.5.